The molecule has 2 heterocycles. The first-order valence-electron chi connectivity index (χ1n) is 7.94. The molecule has 0 atom stereocenters. The van der Waals surface area contributed by atoms with Crippen LogP contribution in [0.2, 0.25) is 0 Å². The molecule has 2 aromatic rings. The number of anilines is 2. The summed E-state index contributed by atoms with van der Waals surface area (Å²) >= 11 is 0. The van der Waals surface area contributed by atoms with Crippen LogP contribution in [0.5, 0.6) is 5.75 Å². The van der Waals surface area contributed by atoms with Crippen LogP contribution >= 0.6 is 0 Å². The molecule has 134 valence electrons. The third-order valence-corrected chi connectivity index (χ3v) is 3.84. The summed E-state index contributed by atoms with van der Waals surface area (Å²) in [4.78, 5) is 7.32. The number of hydrogen-bond acceptors (Lipinski definition) is 5. The number of nitrogens with zero attached hydrogens (tertiary/aromatic N) is 2. The minimum absolute atomic E-state index is 0.104. The largest absolute Gasteiger partial charge is 0.490 e. The summed E-state index contributed by atoms with van der Waals surface area (Å²) in [5, 5.41) is 2.79. The molecule has 0 unspecified atom stereocenters. The van der Waals surface area contributed by atoms with Gasteiger partial charge in [-0.3, -0.25) is 0 Å². The van der Waals surface area contributed by atoms with Gasteiger partial charge in [-0.2, -0.15) is 13.2 Å². The lowest BCUT2D eigenvalue weighted by molar-refractivity contribution is -0.141. The zero-order valence-corrected chi connectivity index (χ0v) is 13.6. The van der Waals surface area contributed by atoms with E-state index in [2.05, 4.69) is 15.3 Å². The molecule has 0 spiro atoms. The van der Waals surface area contributed by atoms with E-state index in [1.165, 1.54) is 0 Å². The predicted molar refractivity (Wildman–Crippen MR) is 86.0 cm³/mol. The van der Waals surface area contributed by atoms with Crippen LogP contribution in [0.4, 0.5) is 24.8 Å². The maximum Gasteiger partial charge on any atom is 0.433 e. The molecule has 25 heavy (non-hydrogen) atoms. The second kappa shape index (κ2) is 7.26. The van der Waals surface area contributed by atoms with Crippen molar-refractivity contribution >= 4 is 11.6 Å². The standard InChI is InChI=1S/C17H18F3N3O2/c1-11-10-12(2-3-14(11)25-13-5-8-24-9-6-13)22-16-21-7-4-15(23-16)17(18,19)20/h2-4,7,10,13H,5-6,8-9H2,1H3,(H,21,22,23). The highest BCUT2D eigenvalue weighted by atomic mass is 19.4. The fraction of sp³-hybridized carbons (Fsp3) is 0.412. The Kier molecular flexibility index (Phi) is 5.08. The third kappa shape index (κ3) is 4.60. The van der Waals surface area contributed by atoms with Crippen molar-refractivity contribution in [3.63, 3.8) is 0 Å². The first-order valence-corrected chi connectivity index (χ1v) is 7.94. The van der Waals surface area contributed by atoms with Crippen molar-refractivity contribution in [1.82, 2.24) is 9.97 Å². The van der Waals surface area contributed by atoms with E-state index in [0.29, 0.717) is 18.9 Å². The van der Waals surface area contributed by atoms with Crippen molar-refractivity contribution < 1.29 is 22.6 Å². The monoisotopic (exact) mass is 353 g/mol. The number of rotatable bonds is 4. The Hall–Kier alpha value is -2.35. The number of halogens is 3. The molecule has 1 fully saturated rings. The Bertz CT molecular complexity index is 731. The Morgan fingerprint density at radius 1 is 1.20 bits per heavy atom. The van der Waals surface area contributed by atoms with Gasteiger partial charge in [0.25, 0.3) is 0 Å². The van der Waals surface area contributed by atoms with Crippen molar-refractivity contribution in [1.29, 1.82) is 0 Å². The summed E-state index contributed by atoms with van der Waals surface area (Å²) in [5.41, 5.74) is 0.487. The van der Waals surface area contributed by atoms with Gasteiger partial charge in [0.05, 0.1) is 13.2 Å². The lowest BCUT2D eigenvalue weighted by Crippen LogP contribution is -2.26. The van der Waals surface area contributed by atoms with Crippen molar-refractivity contribution in [3.8, 4) is 5.75 Å². The number of nitrogens with one attached hydrogen (secondary N) is 1. The molecule has 0 radical (unpaired) electrons. The van der Waals surface area contributed by atoms with Crippen molar-refractivity contribution in [2.75, 3.05) is 18.5 Å². The zero-order valence-electron chi connectivity index (χ0n) is 13.6. The number of hydrogen-bond donors (Lipinski definition) is 1. The van der Waals surface area contributed by atoms with Gasteiger partial charge in [-0.05, 0) is 36.8 Å². The van der Waals surface area contributed by atoms with E-state index in [9.17, 15) is 13.2 Å². The van der Waals surface area contributed by atoms with Crippen LogP contribution < -0.4 is 10.1 Å². The van der Waals surface area contributed by atoms with Gasteiger partial charge in [-0.1, -0.05) is 0 Å². The maximum atomic E-state index is 12.7. The van der Waals surface area contributed by atoms with Crippen LogP contribution in [0.25, 0.3) is 0 Å². The van der Waals surface area contributed by atoms with Gasteiger partial charge < -0.3 is 14.8 Å². The van der Waals surface area contributed by atoms with Gasteiger partial charge in [-0.25, -0.2) is 9.97 Å². The third-order valence-electron chi connectivity index (χ3n) is 3.84. The first kappa shape index (κ1) is 17.5. The fourth-order valence-electron chi connectivity index (χ4n) is 2.54. The normalized spacial score (nSPS) is 15.8. The lowest BCUT2D eigenvalue weighted by Gasteiger charge is -2.24. The van der Waals surface area contributed by atoms with E-state index in [0.717, 1.165) is 36.4 Å². The quantitative estimate of drug-likeness (QED) is 0.897. The SMILES string of the molecule is Cc1cc(Nc2nccc(C(F)(F)F)n2)ccc1OC1CCOCC1. The van der Waals surface area contributed by atoms with E-state index in [4.69, 9.17) is 9.47 Å². The number of aromatic nitrogens is 2. The van der Waals surface area contributed by atoms with E-state index in [1.54, 1.807) is 18.2 Å². The molecule has 0 aliphatic carbocycles. The molecule has 1 aromatic heterocycles. The minimum atomic E-state index is -4.50. The summed E-state index contributed by atoms with van der Waals surface area (Å²) in [5.74, 6) is 0.648. The smallest absolute Gasteiger partial charge is 0.433 e. The summed E-state index contributed by atoms with van der Waals surface area (Å²) < 4.78 is 49.4. The number of ether oxygens (including phenoxy) is 2. The van der Waals surface area contributed by atoms with E-state index < -0.39 is 11.9 Å². The number of alkyl halides is 3. The fourth-order valence-corrected chi connectivity index (χ4v) is 2.54. The van der Waals surface area contributed by atoms with Gasteiger partial charge in [-0.15, -0.1) is 0 Å². The highest BCUT2D eigenvalue weighted by molar-refractivity contribution is 5.57. The highest BCUT2D eigenvalue weighted by Crippen LogP contribution is 2.29. The molecule has 0 saturated carbocycles. The number of aryl methyl sites for hydroxylation is 1. The van der Waals surface area contributed by atoms with Gasteiger partial charge in [0.2, 0.25) is 5.95 Å². The van der Waals surface area contributed by atoms with Crippen LogP contribution in [-0.4, -0.2) is 29.3 Å². The molecule has 8 heteroatoms. The van der Waals surface area contributed by atoms with Crippen LogP contribution in [-0.2, 0) is 10.9 Å². The molecule has 1 aliphatic heterocycles. The lowest BCUT2D eigenvalue weighted by atomic mass is 10.1. The van der Waals surface area contributed by atoms with Gasteiger partial charge in [0.1, 0.15) is 17.5 Å². The minimum Gasteiger partial charge on any atom is -0.490 e. The average molecular weight is 353 g/mol. The summed E-state index contributed by atoms with van der Waals surface area (Å²) in [7, 11) is 0. The second-order valence-corrected chi connectivity index (χ2v) is 5.80. The average Bonchev–Trinajstić information content (AvgIpc) is 2.58. The van der Waals surface area contributed by atoms with Crippen LogP contribution in [0.1, 0.15) is 24.1 Å². The number of benzene rings is 1. The van der Waals surface area contributed by atoms with E-state index >= 15 is 0 Å². The van der Waals surface area contributed by atoms with Crippen molar-refractivity contribution in [2.45, 2.75) is 32.0 Å². The van der Waals surface area contributed by atoms with Crippen LogP contribution in [0.3, 0.4) is 0 Å². The molecular formula is C17H18F3N3O2. The first-order chi connectivity index (χ1) is 11.9. The molecule has 1 saturated heterocycles. The molecule has 5 nitrogen and oxygen atoms in total. The van der Waals surface area contributed by atoms with Crippen LogP contribution in [0, 0.1) is 6.92 Å². The Morgan fingerprint density at radius 2 is 1.96 bits per heavy atom. The van der Waals surface area contributed by atoms with E-state index in [1.807, 2.05) is 6.92 Å². The Morgan fingerprint density at radius 3 is 2.64 bits per heavy atom. The molecule has 1 N–H and O–H groups in total. The summed E-state index contributed by atoms with van der Waals surface area (Å²) in [6, 6.07) is 6.14. The molecule has 1 aromatic carbocycles. The molecule has 0 amide bonds. The topological polar surface area (TPSA) is 56.3 Å². The summed E-state index contributed by atoms with van der Waals surface area (Å²) in [6.45, 7) is 3.26. The summed E-state index contributed by atoms with van der Waals surface area (Å²) in [6.07, 6.45) is -1.61. The molecule has 0 bridgehead atoms. The highest BCUT2D eigenvalue weighted by Gasteiger charge is 2.32. The predicted octanol–water partition coefficient (Wildman–Crippen LogP) is 4.11. The Labute approximate surface area is 143 Å². The van der Waals surface area contributed by atoms with Gasteiger partial charge in [0, 0.05) is 24.7 Å². The van der Waals surface area contributed by atoms with Crippen LogP contribution in [0.15, 0.2) is 30.5 Å². The van der Waals surface area contributed by atoms with Crippen molar-refractivity contribution in [2.24, 2.45) is 0 Å². The van der Waals surface area contributed by atoms with E-state index in [-0.39, 0.29) is 12.1 Å². The molecule has 1 aliphatic rings. The zero-order chi connectivity index (χ0) is 17.9. The van der Waals surface area contributed by atoms with Gasteiger partial charge >= 0.3 is 6.18 Å². The molecular weight excluding hydrogens is 335 g/mol. The van der Waals surface area contributed by atoms with Crippen molar-refractivity contribution in [3.05, 3.63) is 41.7 Å². The van der Waals surface area contributed by atoms with Gasteiger partial charge in [0.15, 0.2) is 0 Å². The maximum absolute atomic E-state index is 12.7. The molecule has 3 rings (SSSR count). The second-order valence-electron chi connectivity index (χ2n) is 5.80. The Balaban J connectivity index is 1.70.